The quantitative estimate of drug-likeness (QED) is 0.310. The number of nitrogens with zero attached hydrogens (tertiary/aromatic N) is 1. The molecule has 0 radical (unpaired) electrons. The van der Waals surface area contributed by atoms with Gasteiger partial charge in [0.25, 0.3) is 0 Å². The van der Waals surface area contributed by atoms with Crippen molar-refractivity contribution in [2.24, 2.45) is 0 Å². The maximum absolute atomic E-state index is 13.2. The zero-order valence-electron chi connectivity index (χ0n) is 18.4. The number of hydrogen-bond donors (Lipinski definition) is 1. The Kier molecular flexibility index (Phi) is 9.76. The van der Waals surface area contributed by atoms with Gasteiger partial charge in [-0.1, -0.05) is 48.2 Å². The lowest BCUT2D eigenvalue weighted by atomic mass is 10.1. The Hall–Kier alpha value is -1.69. The van der Waals surface area contributed by atoms with Gasteiger partial charge in [-0.05, 0) is 73.9 Å². The van der Waals surface area contributed by atoms with Crippen molar-refractivity contribution >= 4 is 46.8 Å². The van der Waals surface area contributed by atoms with Gasteiger partial charge in [0, 0.05) is 33.9 Å². The summed E-state index contributed by atoms with van der Waals surface area (Å²) < 4.78 is 0. The summed E-state index contributed by atoms with van der Waals surface area (Å²) >= 11 is 13.8. The highest BCUT2D eigenvalue weighted by Crippen LogP contribution is 2.23. The molecule has 1 N–H and O–H groups in total. The van der Waals surface area contributed by atoms with Crippen LogP contribution >= 0.6 is 35.0 Å². The van der Waals surface area contributed by atoms with E-state index in [0.29, 0.717) is 23.0 Å². The van der Waals surface area contributed by atoms with Crippen LogP contribution < -0.4 is 5.32 Å². The minimum absolute atomic E-state index is 0.0178. The molecule has 0 heterocycles. The predicted octanol–water partition coefficient (Wildman–Crippen LogP) is 6.34. The van der Waals surface area contributed by atoms with E-state index in [1.54, 1.807) is 22.7 Å². The van der Waals surface area contributed by atoms with Crippen molar-refractivity contribution in [3.8, 4) is 0 Å². The lowest BCUT2D eigenvalue weighted by Crippen LogP contribution is -2.49. The molecule has 0 aromatic heterocycles. The van der Waals surface area contributed by atoms with E-state index in [4.69, 9.17) is 23.2 Å². The van der Waals surface area contributed by atoms with Crippen molar-refractivity contribution in [2.75, 3.05) is 5.75 Å². The number of halogens is 2. The summed E-state index contributed by atoms with van der Waals surface area (Å²) in [7, 11) is 0. The Morgan fingerprint density at radius 3 is 2.50 bits per heavy atom. The number of nitrogens with one attached hydrogen (secondary N) is 1. The molecular weight excluding hydrogens is 463 g/mol. The second-order valence-electron chi connectivity index (χ2n) is 8.22. The maximum atomic E-state index is 13.2. The zero-order chi connectivity index (χ0) is 22.9. The molecule has 1 saturated carbocycles. The second-order valence-corrected chi connectivity index (χ2v) is 10.3. The average molecular weight is 494 g/mol. The van der Waals surface area contributed by atoms with Gasteiger partial charge in [0.2, 0.25) is 11.8 Å². The summed E-state index contributed by atoms with van der Waals surface area (Å²) in [6.45, 7) is 2.18. The van der Waals surface area contributed by atoms with Gasteiger partial charge in [0.1, 0.15) is 6.04 Å². The summed E-state index contributed by atoms with van der Waals surface area (Å²) in [6.07, 6.45) is 5.45. The van der Waals surface area contributed by atoms with E-state index in [1.807, 2.05) is 49.4 Å². The average Bonchev–Trinajstić information content (AvgIpc) is 3.28. The highest BCUT2D eigenvalue weighted by atomic mass is 35.5. The summed E-state index contributed by atoms with van der Waals surface area (Å²) in [5.74, 6) is 0.722. The first-order valence-electron chi connectivity index (χ1n) is 11.1. The summed E-state index contributed by atoms with van der Waals surface area (Å²) in [5.41, 5.74) is 0.918. The fourth-order valence-electron chi connectivity index (χ4n) is 3.89. The third-order valence-corrected chi connectivity index (χ3v) is 7.31. The van der Waals surface area contributed by atoms with Crippen LogP contribution in [0.3, 0.4) is 0 Å². The minimum atomic E-state index is -0.536. The van der Waals surface area contributed by atoms with Crippen LogP contribution in [0.1, 0.15) is 51.0 Å². The van der Waals surface area contributed by atoms with Gasteiger partial charge in [-0.2, -0.15) is 0 Å². The molecule has 7 heteroatoms. The first kappa shape index (κ1) is 24.9. The number of amides is 2. The largest absolute Gasteiger partial charge is 0.352 e. The molecule has 0 aliphatic heterocycles. The molecule has 2 aromatic carbocycles. The van der Waals surface area contributed by atoms with E-state index < -0.39 is 6.04 Å². The van der Waals surface area contributed by atoms with Gasteiger partial charge >= 0.3 is 0 Å². The molecule has 2 aromatic rings. The van der Waals surface area contributed by atoms with E-state index in [-0.39, 0.29) is 17.9 Å². The van der Waals surface area contributed by atoms with E-state index in [1.165, 1.54) is 0 Å². The van der Waals surface area contributed by atoms with Crippen molar-refractivity contribution in [1.29, 1.82) is 0 Å². The van der Waals surface area contributed by atoms with Crippen LogP contribution in [-0.4, -0.2) is 34.6 Å². The van der Waals surface area contributed by atoms with Gasteiger partial charge in [-0.3, -0.25) is 9.59 Å². The Morgan fingerprint density at radius 2 is 1.81 bits per heavy atom. The number of rotatable bonds is 10. The SMILES string of the molecule is C[C@@H](C(=O)NC1CCCC1)N(Cc1cccc(Cl)c1)C(=O)CCCSc1ccc(Cl)cc1. The number of benzene rings is 2. The van der Waals surface area contributed by atoms with Gasteiger partial charge < -0.3 is 10.2 Å². The van der Waals surface area contributed by atoms with Crippen LogP contribution in [0.2, 0.25) is 10.0 Å². The molecule has 3 rings (SSSR count). The highest BCUT2D eigenvalue weighted by Gasteiger charge is 2.28. The molecule has 1 aliphatic carbocycles. The van der Waals surface area contributed by atoms with Crippen LogP contribution in [-0.2, 0) is 16.1 Å². The summed E-state index contributed by atoms with van der Waals surface area (Å²) in [4.78, 5) is 28.9. The van der Waals surface area contributed by atoms with Crippen LogP contribution in [0, 0.1) is 0 Å². The Labute approximate surface area is 205 Å². The number of hydrogen-bond acceptors (Lipinski definition) is 3. The van der Waals surface area contributed by atoms with Crippen molar-refractivity contribution in [1.82, 2.24) is 10.2 Å². The van der Waals surface area contributed by atoms with E-state index in [0.717, 1.165) is 48.3 Å². The molecule has 172 valence electrons. The van der Waals surface area contributed by atoms with Gasteiger partial charge in [0.05, 0.1) is 0 Å². The molecule has 4 nitrogen and oxygen atoms in total. The van der Waals surface area contributed by atoms with Crippen molar-refractivity contribution < 1.29 is 9.59 Å². The molecule has 32 heavy (non-hydrogen) atoms. The molecule has 1 fully saturated rings. The molecule has 1 aliphatic rings. The fraction of sp³-hybridized carbons (Fsp3) is 0.440. The van der Waals surface area contributed by atoms with E-state index in [9.17, 15) is 9.59 Å². The minimum Gasteiger partial charge on any atom is -0.352 e. The highest BCUT2D eigenvalue weighted by molar-refractivity contribution is 7.99. The molecule has 0 spiro atoms. The molecular formula is C25H30Cl2N2O2S. The predicted molar refractivity (Wildman–Crippen MR) is 133 cm³/mol. The van der Waals surface area contributed by atoms with Crippen LogP contribution in [0.4, 0.5) is 0 Å². The van der Waals surface area contributed by atoms with E-state index in [2.05, 4.69) is 5.32 Å². The van der Waals surface area contributed by atoms with Gasteiger partial charge in [-0.15, -0.1) is 11.8 Å². The molecule has 1 atom stereocenters. The third kappa shape index (κ3) is 7.72. The molecule has 0 unspecified atom stereocenters. The monoisotopic (exact) mass is 492 g/mol. The van der Waals surface area contributed by atoms with Crippen molar-refractivity contribution in [2.45, 2.75) is 69.0 Å². The Balaban J connectivity index is 1.59. The topological polar surface area (TPSA) is 49.4 Å². The fourth-order valence-corrected chi connectivity index (χ4v) is 5.09. The number of carbonyl (C=O) groups excluding carboxylic acids is 2. The van der Waals surface area contributed by atoms with Crippen LogP contribution in [0.15, 0.2) is 53.4 Å². The smallest absolute Gasteiger partial charge is 0.242 e. The normalized spacial score (nSPS) is 14.8. The second kappa shape index (κ2) is 12.5. The molecule has 2 amide bonds. The maximum Gasteiger partial charge on any atom is 0.242 e. The zero-order valence-corrected chi connectivity index (χ0v) is 20.7. The Morgan fingerprint density at radius 1 is 1.09 bits per heavy atom. The van der Waals surface area contributed by atoms with Crippen molar-refractivity contribution in [3.05, 3.63) is 64.1 Å². The Bertz CT molecular complexity index is 901. The number of carbonyl (C=O) groups is 2. The van der Waals surface area contributed by atoms with Gasteiger partial charge in [0.15, 0.2) is 0 Å². The van der Waals surface area contributed by atoms with E-state index >= 15 is 0 Å². The summed E-state index contributed by atoms with van der Waals surface area (Å²) in [5, 5.41) is 4.47. The molecule has 0 saturated heterocycles. The lowest BCUT2D eigenvalue weighted by molar-refractivity contribution is -0.140. The number of thioether (sulfide) groups is 1. The molecule has 0 bridgehead atoms. The van der Waals surface area contributed by atoms with Crippen molar-refractivity contribution in [3.63, 3.8) is 0 Å². The third-order valence-electron chi connectivity index (χ3n) is 5.73. The summed E-state index contributed by atoms with van der Waals surface area (Å²) in [6, 6.07) is 14.8. The van der Waals surface area contributed by atoms with Crippen LogP contribution in [0.25, 0.3) is 0 Å². The standard InChI is InChI=1S/C25H30Cl2N2O2S/c1-18(25(31)28-22-8-2-3-9-22)29(17-19-6-4-7-21(27)16-19)24(30)10-5-15-32-23-13-11-20(26)12-14-23/h4,6-7,11-14,16,18,22H,2-3,5,8-10,15,17H2,1H3,(H,28,31)/t18-/m0/s1. The lowest BCUT2D eigenvalue weighted by Gasteiger charge is -2.30. The van der Waals surface area contributed by atoms with Crippen LogP contribution in [0.5, 0.6) is 0 Å². The van der Waals surface area contributed by atoms with Gasteiger partial charge in [-0.25, -0.2) is 0 Å². The first-order valence-corrected chi connectivity index (χ1v) is 12.9. The first-order chi connectivity index (χ1) is 15.4.